The lowest BCUT2D eigenvalue weighted by Gasteiger charge is -2.02. The third-order valence-corrected chi connectivity index (χ3v) is 2.19. The summed E-state index contributed by atoms with van der Waals surface area (Å²) < 4.78 is 13.9. The average Bonchev–Trinajstić information content (AvgIpc) is 2.01. The Labute approximate surface area is 90.8 Å². The Morgan fingerprint density at radius 1 is 1.57 bits per heavy atom. The van der Waals surface area contributed by atoms with Crippen LogP contribution in [0.25, 0.3) is 0 Å². The first kappa shape index (κ1) is 11.1. The number of benzene rings is 1. The summed E-state index contributed by atoms with van der Waals surface area (Å²) in [6, 6.07) is 4.41. The molecule has 1 aromatic rings. The SMILES string of the molecule is C=C(C)CC(=O)c1ccc(Br)cc1F. The molecule has 0 unspecified atom stereocenters. The highest BCUT2D eigenvalue weighted by Crippen LogP contribution is 2.17. The average molecular weight is 257 g/mol. The van der Waals surface area contributed by atoms with Crippen molar-refractivity contribution >= 4 is 21.7 Å². The molecule has 1 rings (SSSR count). The molecule has 0 bridgehead atoms. The third kappa shape index (κ3) is 2.77. The third-order valence-electron chi connectivity index (χ3n) is 1.69. The van der Waals surface area contributed by atoms with Crippen molar-refractivity contribution in [1.29, 1.82) is 0 Å². The molecule has 0 saturated carbocycles. The summed E-state index contributed by atoms with van der Waals surface area (Å²) in [5, 5.41) is 0. The number of ketones is 1. The molecule has 0 atom stereocenters. The van der Waals surface area contributed by atoms with Gasteiger partial charge in [0, 0.05) is 10.9 Å². The minimum Gasteiger partial charge on any atom is -0.294 e. The standard InChI is InChI=1S/C11H10BrFO/c1-7(2)5-11(14)9-4-3-8(12)6-10(9)13/h3-4,6H,1,5H2,2H3. The molecule has 0 fully saturated rings. The molecule has 0 radical (unpaired) electrons. The fourth-order valence-corrected chi connectivity index (χ4v) is 1.42. The zero-order chi connectivity index (χ0) is 10.7. The highest BCUT2D eigenvalue weighted by Gasteiger charge is 2.11. The van der Waals surface area contributed by atoms with E-state index in [2.05, 4.69) is 22.5 Å². The van der Waals surface area contributed by atoms with E-state index in [1.165, 1.54) is 12.1 Å². The van der Waals surface area contributed by atoms with E-state index in [9.17, 15) is 9.18 Å². The fourth-order valence-electron chi connectivity index (χ4n) is 1.08. The number of hydrogen-bond donors (Lipinski definition) is 0. The fraction of sp³-hybridized carbons (Fsp3) is 0.182. The minimum atomic E-state index is -0.495. The van der Waals surface area contributed by atoms with Gasteiger partial charge in [-0.2, -0.15) is 0 Å². The maximum atomic E-state index is 13.3. The topological polar surface area (TPSA) is 17.1 Å². The van der Waals surface area contributed by atoms with E-state index < -0.39 is 5.82 Å². The number of carbonyl (C=O) groups excluding carboxylic acids is 1. The van der Waals surface area contributed by atoms with Gasteiger partial charge >= 0.3 is 0 Å². The van der Waals surface area contributed by atoms with Crippen LogP contribution >= 0.6 is 15.9 Å². The van der Waals surface area contributed by atoms with Crippen LogP contribution in [-0.4, -0.2) is 5.78 Å². The molecule has 0 saturated heterocycles. The highest BCUT2D eigenvalue weighted by molar-refractivity contribution is 9.10. The van der Waals surface area contributed by atoms with E-state index >= 15 is 0 Å². The van der Waals surface area contributed by atoms with E-state index in [1.807, 2.05) is 0 Å². The lowest BCUT2D eigenvalue weighted by atomic mass is 10.0. The molecule has 0 aromatic heterocycles. The lowest BCUT2D eigenvalue weighted by Crippen LogP contribution is -2.02. The predicted octanol–water partition coefficient (Wildman–Crippen LogP) is 3.74. The van der Waals surface area contributed by atoms with Crippen LogP contribution in [0.5, 0.6) is 0 Å². The number of allylic oxidation sites excluding steroid dienone is 1. The van der Waals surface area contributed by atoms with Crippen molar-refractivity contribution in [3.8, 4) is 0 Å². The van der Waals surface area contributed by atoms with Crippen molar-refractivity contribution in [2.45, 2.75) is 13.3 Å². The van der Waals surface area contributed by atoms with Crippen LogP contribution in [-0.2, 0) is 0 Å². The maximum absolute atomic E-state index is 13.3. The van der Waals surface area contributed by atoms with E-state index in [4.69, 9.17) is 0 Å². The van der Waals surface area contributed by atoms with Gasteiger partial charge in [0.05, 0.1) is 5.56 Å². The molecule has 0 amide bonds. The van der Waals surface area contributed by atoms with E-state index in [0.29, 0.717) is 4.47 Å². The predicted molar refractivity (Wildman–Crippen MR) is 57.9 cm³/mol. The second-order valence-corrected chi connectivity index (χ2v) is 4.10. The van der Waals surface area contributed by atoms with Crippen molar-refractivity contribution in [2.24, 2.45) is 0 Å². The molecule has 74 valence electrons. The van der Waals surface area contributed by atoms with Gasteiger partial charge in [0.25, 0.3) is 0 Å². The van der Waals surface area contributed by atoms with Gasteiger partial charge < -0.3 is 0 Å². The molecule has 0 spiro atoms. The number of hydrogen-bond acceptors (Lipinski definition) is 1. The van der Waals surface area contributed by atoms with Crippen LogP contribution in [0.1, 0.15) is 23.7 Å². The van der Waals surface area contributed by atoms with Crippen LogP contribution in [0.4, 0.5) is 4.39 Å². The first-order valence-electron chi connectivity index (χ1n) is 4.13. The van der Waals surface area contributed by atoms with Gasteiger partial charge in [-0.15, -0.1) is 0 Å². The van der Waals surface area contributed by atoms with Gasteiger partial charge in [-0.3, -0.25) is 4.79 Å². The zero-order valence-corrected chi connectivity index (χ0v) is 9.40. The zero-order valence-electron chi connectivity index (χ0n) is 7.81. The minimum absolute atomic E-state index is 0.121. The summed E-state index contributed by atoms with van der Waals surface area (Å²) in [4.78, 5) is 11.5. The Hall–Kier alpha value is -0.960. The number of Topliss-reactive ketones (excluding diaryl/α,β-unsaturated/α-hetero) is 1. The highest BCUT2D eigenvalue weighted by atomic mass is 79.9. The molecular formula is C11H10BrFO. The Bertz CT molecular complexity index is 385. The van der Waals surface area contributed by atoms with Crippen LogP contribution < -0.4 is 0 Å². The van der Waals surface area contributed by atoms with E-state index in [1.54, 1.807) is 13.0 Å². The van der Waals surface area contributed by atoms with Gasteiger partial charge in [0.15, 0.2) is 5.78 Å². The first-order chi connectivity index (χ1) is 6.50. The Kier molecular flexibility index (Phi) is 3.58. The molecule has 1 aromatic carbocycles. The van der Waals surface area contributed by atoms with Crippen molar-refractivity contribution < 1.29 is 9.18 Å². The molecule has 14 heavy (non-hydrogen) atoms. The van der Waals surface area contributed by atoms with Gasteiger partial charge in [-0.05, 0) is 25.1 Å². The van der Waals surface area contributed by atoms with Gasteiger partial charge in [-0.25, -0.2) is 4.39 Å². The summed E-state index contributed by atoms with van der Waals surface area (Å²) in [5.74, 6) is -0.729. The molecule has 1 nitrogen and oxygen atoms in total. The number of rotatable bonds is 3. The van der Waals surface area contributed by atoms with Crippen molar-refractivity contribution in [3.05, 3.63) is 46.2 Å². The monoisotopic (exact) mass is 256 g/mol. The van der Waals surface area contributed by atoms with E-state index in [0.717, 1.165) is 5.57 Å². The second-order valence-electron chi connectivity index (χ2n) is 3.18. The Morgan fingerprint density at radius 3 is 2.71 bits per heavy atom. The first-order valence-corrected chi connectivity index (χ1v) is 4.92. The van der Waals surface area contributed by atoms with Crippen LogP contribution in [0.15, 0.2) is 34.8 Å². The van der Waals surface area contributed by atoms with Crippen LogP contribution in [0.2, 0.25) is 0 Å². The number of carbonyl (C=O) groups is 1. The van der Waals surface area contributed by atoms with Crippen LogP contribution in [0, 0.1) is 5.82 Å². The largest absolute Gasteiger partial charge is 0.294 e. The second kappa shape index (κ2) is 4.51. The van der Waals surface area contributed by atoms with Crippen molar-refractivity contribution in [2.75, 3.05) is 0 Å². The van der Waals surface area contributed by atoms with Gasteiger partial charge in [0.2, 0.25) is 0 Å². The quantitative estimate of drug-likeness (QED) is 0.595. The molecule has 0 aliphatic heterocycles. The maximum Gasteiger partial charge on any atom is 0.169 e. The normalized spacial score (nSPS) is 9.93. The molecule has 0 heterocycles. The molecule has 0 aliphatic carbocycles. The van der Waals surface area contributed by atoms with Gasteiger partial charge in [-0.1, -0.05) is 28.1 Å². The molecule has 0 aliphatic rings. The molecule has 0 N–H and O–H groups in total. The van der Waals surface area contributed by atoms with E-state index in [-0.39, 0.29) is 17.8 Å². The molecule has 3 heteroatoms. The smallest absolute Gasteiger partial charge is 0.169 e. The summed E-state index contributed by atoms with van der Waals surface area (Å²) in [6.07, 6.45) is 0.193. The molecular weight excluding hydrogens is 247 g/mol. The lowest BCUT2D eigenvalue weighted by molar-refractivity contribution is 0.0989. The Morgan fingerprint density at radius 2 is 2.21 bits per heavy atom. The number of halogens is 2. The van der Waals surface area contributed by atoms with Gasteiger partial charge in [0.1, 0.15) is 5.82 Å². The Balaban J connectivity index is 2.96. The summed E-state index contributed by atoms with van der Waals surface area (Å²) in [7, 11) is 0. The van der Waals surface area contributed by atoms with Crippen molar-refractivity contribution in [3.63, 3.8) is 0 Å². The van der Waals surface area contributed by atoms with Crippen molar-refractivity contribution in [1.82, 2.24) is 0 Å². The summed E-state index contributed by atoms with van der Waals surface area (Å²) in [5.41, 5.74) is 0.855. The summed E-state index contributed by atoms with van der Waals surface area (Å²) >= 11 is 3.13. The van der Waals surface area contributed by atoms with Crippen LogP contribution in [0.3, 0.4) is 0 Å². The summed E-state index contributed by atoms with van der Waals surface area (Å²) in [6.45, 7) is 5.36.